The summed E-state index contributed by atoms with van der Waals surface area (Å²) in [4.78, 5) is 0. The fourth-order valence-corrected chi connectivity index (χ4v) is 2.68. The third-order valence-electron chi connectivity index (χ3n) is 2.45. The second-order valence-corrected chi connectivity index (χ2v) is 6.08. The number of nitrogens with zero attached hydrogens (tertiary/aromatic N) is 1. The van der Waals surface area contributed by atoms with Gasteiger partial charge in [-0.05, 0) is 24.3 Å². The molecule has 0 spiro atoms. The minimum Gasteiger partial charge on any atom is -0.395 e. The molecule has 21 heavy (non-hydrogen) atoms. The number of hydrogen-bond acceptors (Lipinski definition) is 4. The molecule has 8 heteroatoms. The van der Waals surface area contributed by atoms with E-state index in [-0.39, 0.29) is 11.6 Å². The van der Waals surface area contributed by atoms with Crippen molar-refractivity contribution < 1.29 is 13.5 Å². The molecule has 0 unspecified atom stereocenters. The zero-order valence-electron chi connectivity index (χ0n) is 10.8. The van der Waals surface area contributed by atoms with Gasteiger partial charge < -0.3 is 5.11 Å². The fourth-order valence-electron chi connectivity index (χ4n) is 1.52. The Morgan fingerprint density at radius 2 is 2.19 bits per heavy atom. The van der Waals surface area contributed by atoms with Gasteiger partial charge in [0.15, 0.2) is 5.03 Å². The lowest BCUT2D eigenvalue weighted by Gasteiger charge is -2.08. The molecule has 0 amide bonds. The van der Waals surface area contributed by atoms with Gasteiger partial charge in [0.2, 0.25) is 0 Å². The lowest BCUT2D eigenvalue weighted by atomic mass is 10.2. The van der Waals surface area contributed by atoms with Crippen LogP contribution >= 0.6 is 11.6 Å². The molecule has 0 aliphatic carbocycles. The van der Waals surface area contributed by atoms with Crippen molar-refractivity contribution in [2.45, 2.75) is 11.4 Å². The maximum Gasteiger partial charge on any atom is 0.278 e. The van der Waals surface area contributed by atoms with Crippen LogP contribution in [0.1, 0.15) is 12.0 Å². The van der Waals surface area contributed by atoms with E-state index in [4.69, 9.17) is 16.7 Å². The smallest absolute Gasteiger partial charge is 0.278 e. The topological polar surface area (TPSA) is 95.1 Å². The second kappa shape index (κ2) is 6.63. The summed E-state index contributed by atoms with van der Waals surface area (Å²) in [5.41, 5.74) is 0.735. The molecule has 2 aromatic rings. The first-order chi connectivity index (χ1) is 10.0. The molecule has 0 radical (unpaired) electrons. The Morgan fingerprint density at radius 1 is 1.38 bits per heavy atom. The number of nitrogens with one attached hydrogen (secondary N) is 2. The number of rotatable bonds is 4. The summed E-state index contributed by atoms with van der Waals surface area (Å²) in [6, 6.07) is 5.98. The number of benzene rings is 1. The third kappa shape index (κ3) is 3.98. The normalized spacial score (nSPS) is 10.8. The highest BCUT2D eigenvalue weighted by Crippen LogP contribution is 2.22. The molecule has 1 aromatic heterocycles. The van der Waals surface area contributed by atoms with Gasteiger partial charge in [-0.3, -0.25) is 9.82 Å². The largest absolute Gasteiger partial charge is 0.395 e. The minimum atomic E-state index is -3.76. The predicted molar refractivity (Wildman–Crippen MR) is 79.4 cm³/mol. The van der Waals surface area contributed by atoms with Crippen LogP contribution < -0.4 is 4.72 Å². The summed E-state index contributed by atoms with van der Waals surface area (Å²) in [6.07, 6.45) is 1.64. The van der Waals surface area contributed by atoms with Gasteiger partial charge in [-0.15, -0.1) is 0 Å². The number of aliphatic hydroxyl groups excluding tert-OH is 1. The van der Waals surface area contributed by atoms with Crippen LogP contribution in [0, 0.1) is 11.8 Å². The maximum atomic E-state index is 12.1. The Morgan fingerprint density at radius 3 is 2.86 bits per heavy atom. The molecule has 110 valence electrons. The number of H-pyrrole nitrogens is 1. The van der Waals surface area contributed by atoms with E-state index in [1.54, 1.807) is 12.1 Å². The Bertz CT molecular complexity index is 777. The van der Waals surface area contributed by atoms with Crippen molar-refractivity contribution in [3.05, 3.63) is 41.0 Å². The molecular formula is C13H12ClN3O3S. The first-order valence-electron chi connectivity index (χ1n) is 5.94. The molecule has 0 atom stereocenters. The SMILES string of the molecule is O=S(=O)(Nc1ccc(Cl)cc1C#CCCO)c1ccn[nH]1. The molecule has 0 aliphatic rings. The van der Waals surface area contributed by atoms with Crippen LogP contribution in [0.5, 0.6) is 0 Å². The highest BCUT2D eigenvalue weighted by Gasteiger charge is 2.17. The Hall–Kier alpha value is -2.01. The average Bonchev–Trinajstić information content (AvgIpc) is 2.97. The summed E-state index contributed by atoms with van der Waals surface area (Å²) in [7, 11) is -3.76. The van der Waals surface area contributed by atoms with Crippen LogP contribution in [0.15, 0.2) is 35.5 Å². The summed E-state index contributed by atoms with van der Waals surface area (Å²) in [5, 5.41) is 15.1. The van der Waals surface area contributed by atoms with E-state index in [1.807, 2.05) is 0 Å². The number of aliphatic hydroxyl groups is 1. The van der Waals surface area contributed by atoms with Gasteiger partial charge in [-0.1, -0.05) is 23.4 Å². The van der Waals surface area contributed by atoms with Gasteiger partial charge in [-0.2, -0.15) is 13.5 Å². The molecule has 0 aliphatic heterocycles. The first kappa shape index (κ1) is 15.4. The Kier molecular flexibility index (Phi) is 4.85. The third-order valence-corrected chi connectivity index (χ3v) is 3.98. The first-order valence-corrected chi connectivity index (χ1v) is 7.80. The van der Waals surface area contributed by atoms with Crippen LogP contribution in [-0.4, -0.2) is 30.3 Å². The molecule has 0 bridgehead atoms. The van der Waals surface area contributed by atoms with E-state index in [2.05, 4.69) is 26.8 Å². The van der Waals surface area contributed by atoms with E-state index in [0.717, 1.165) is 0 Å². The van der Waals surface area contributed by atoms with Gasteiger partial charge in [0, 0.05) is 11.4 Å². The number of aromatic amines is 1. The molecule has 6 nitrogen and oxygen atoms in total. The van der Waals surface area contributed by atoms with E-state index < -0.39 is 10.0 Å². The van der Waals surface area contributed by atoms with Crippen LogP contribution in [0.4, 0.5) is 5.69 Å². The standard InChI is InChI=1S/C13H12ClN3O3S/c14-11-4-5-12(10(9-11)3-1-2-8-18)17-21(19,20)13-6-7-15-16-13/h4-7,9,17-18H,2,8H2,(H,15,16). The monoisotopic (exact) mass is 325 g/mol. The maximum absolute atomic E-state index is 12.1. The summed E-state index contributed by atoms with van der Waals surface area (Å²) in [6.45, 7) is -0.0667. The Balaban J connectivity index is 2.34. The molecule has 1 heterocycles. The van der Waals surface area contributed by atoms with Crippen LogP contribution in [0.25, 0.3) is 0 Å². The zero-order valence-corrected chi connectivity index (χ0v) is 12.4. The number of halogens is 1. The van der Waals surface area contributed by atoms with E-state index in [1.165, 1.54) is 18.3 Å². The van der Waals surface area contributed by atoms with E-state index >= 15 is 0 Å². The average molecular weight is 326 g/mol. The molecule has 3 N–H and O–H groups in total. The van der Waals surface area contributed by atoms with Gasteiger partial charge in [-0.25, -0.2) is 0 Å². The zero-order chi connectivity index (χ0) is 15.3. The Labute approximate surface area is 127 Å². The van der Waals surface area contributed by atoms with Crippen molar-refractivity contribution in [2.75, 3.05) is 11.3 Å². The quantitative estimate of drug-likeness (QED) is 0.744. The lowest BCUT2D eigenvalue weighted by molar-refractivity contribution is 0.305. The van der Waals surface area contributed by atoms with Gasteiger partial charge >= 0.3 is 0 Å². The number of hydrogen-bond donors (Lipinski definition) is 3. The summed E-state index contributed by atoms with van der Waals surface area (Å²) >= 11 is 5.89. The van der Waals surface area contributed by atoms with Crippen molar-refractivity contribution in [3.8, 4) is 11.8 Å². The predicted octanol–water partition coefficient (Wildman–Crippen LogP) is 1.60. The van der Waals surface area contributed by atoms with E-state index in [9.17, 15) is 8.42 Å². The molecule has 1 aromatic carbocycles. The van der Waals surface area contributed by atoms with Crippen LogP contribution in [-0.2, 0) is 10.0 Å². The van der Waals surface area contributed by atoms with Crippen molar-refractivity contribution in [1.82, 2.24) is 10.2 Å². The highest BCUT2D eigenvalue weighted by atomic mass is 35.5. The molecular weight excluding hydrogens is 314 g/mol. The number of sulfonamides is 1. The molecule has 0 saturated carbocycles. The summed E-state index contributed by atoms with van der Waals surface area (Å²) < 4.78 is 26.7. The van der Waals surface area contributed by atoms with Crippen molar-refractivity contribution in [3.63, 3.8) is 0 Å². The van der Waals surface area contributed by atoms with Gasteiger partial charge in [0.25, 0.3) is 10.0 Å². The van der Waals surface area contributed by atoms with Crippen molar-refractivity contribution >= 4 is 27.3 Å². The van der Waals surface area contributed by atoms with Gasteiger partial charge in [0.1, 0.15) is 0 Å². The minimum absolute atomic E-state index is 0.0493. The molecule has 0 saturated heterocycles. The van der Waals surface area contributed by atoms with Crippen LogP contribution in [0.3, 0.4) is 0 Å². The number of anilines is 1. The second-order valence-electron chi connectivity index (χ2n) is 3.99. The molecule has 0 fully saturated rings. The van der Waals surface area contributed by atoms with Gasteiger partial charge in [0.05, 0.1) is 24.1 Å². The fraction of sp³-hybridized carbons (Fsp3) is 0.154. The van der Waals surface area contributed by atoms with E-state index in [0.29, 0.717) is 22.7 Å². The van der Waals surface area contributed by atoms with Crippen molar-refractivity contribution in [2.24, 2.45) is 0 Å². The highest BCUT2D eigenvalue weighted by molar-refractivity contribution is 7.92. The van der Waals surface area contributed by atoms with Crippen molar-refractivity contribution in [1.29, 1.82) is 0 Å². The lowest BCUT2D eigenvalue weighted by Crippen LogP contribution is -2.14. The van der Waals surface area contributed by atoms with Crippen LogP contribution in [0.2, 0.25) is 5.02 Å². The molecule has 2 rings (SSSR count). The number of aromatic nitrogens is 2. The summed E-state index contributed by atoms with van der Waals surface area (Å²) in [5.74, 6) is 5.50.